The van der Waals surface area contributed by atoms with E-state index in [0.29, 0.717) is 6.29 Å². The van der Waals surface area contributed by atoms with Gasteiger partial charge in [-0.25, -0.2) is 0 Å². The molecule has 6 heteroatoms. The summed E-state index contributed by atoms with van der Waals surface area (Å²) in [5, 5.41) is 11.8. The maximum Gasteiger partial charge on any atom is 0.148 e. The Morgan fingerprint density at radius 1 is 1.77 bits per heavy atom. The van der Waals surface area contributed by atoms with Crippen molar-refractivity contribution >= 4 is 12.1 Å². The zero-order valence-corrected chi connectivity index (χ0v) is 7.19. The summed E-state index contributed by atoms with van der Waals surface area (Å²) in [5.74, 6) is 0.0971. The van der Waals surface area contributed by atoms with E-state index in [1.165, 1.54) is 6.92 Å². The molecule has 0 aliphatic carbocycles. The number of hydrogen-bond donors (Lipinski definition) is 4. The fraction of sp³-hybridized carbons (Fsp3) is 0.429. The summed E-state index contributed by atoms with van der Waals surface area (Å²) < 4.78 is 0. The lowest BCUT2D eigenvalue weighted by Crippen LogP contribution is -2.53. The molecule has 6 nitrogen and oxygen atoms in total. The van der Waals surface area contributed by atoms with E-state index in [-0.39, 0.29) is 17.3 Å². The Morgan fingerprint density at radius 3 is 2.85 bits per heavy atom. The Morgan fingerprint density at radius 2 is 2.38 bits per heavy atom. The Balaban J connectivity index is 3.01. The summed E-state index contributed by atoms with van der Waals surface area (Å²) >= 11 is 0. The number of aldehydes is 1. The molecule has 6 N–H and O–H groups in total. The smallest absolute Gasteiger partial charge is 0.148 e. The van der Waals surface area contributed by atoms with Crippen molar-refractivity contribution in [2.75, 3.05) is 0 Å². The van der Waals surface area contributed by atoms with E-state index in [1.807, 2.05) is 0 Å². The largest absolute Gasteiger partial charge is 0.510 e. The monoisotopic (exact) mass is 184 g/mol. The normalized spacial score (nSPS) is 31.7. The molecule has 1 aliphatic rings. The van der Waals surface area contributed by atoms with E-state index in [1.54, 1.807) is 0 Å². The predicted molar refractivity (Wildman–Crippen MR) is 47.9 cm³/mol. The van der Waals surface area contributed by atoms with E-state index in [2.05, 4.69) is 10.3 Å². The summed E-state index contributed by atoms with van der Waals surface area (Å²) in [6.07, 6.45) is -0.0320. The van der Waals surface area contributed by atoms with Crippen molar-refractivity contribution in [2.24, 2.45) is 16.5 Å². The summed E-state index contributed by atoms with van der Waals surface area (Å²) in [6.45, 7) is 1.46. The summed E-state index contributed by atoms with van der Waals surface area (Å²) in [4.78, 5) is 14.2. The van der Waals surface area contributed by atoms with Crippen LogP contribution in [-0.2, 0) is 4.79 Å². The van der Waals surface area contributed by atoms with Crippen LogP contribution in [0.5, 0.6) is 0 Å². The number of aliphatic hydroxyl groups is 1. The second-order valence-electron chi connectivity index (χ2n) is 2.77. The Bertz CT molecular complexity index is 280. The molecule has 0 aromatic carbocycles. The van der Waals surface area contributed by atoms with E-state index in [4.69, 9.17) is 16.6 Å². The standard InChI is InChI=1S/C7H12N4O2/c1-3(13)5-7(9)10-4(2-12)6(8)11-5/h2,4,6,11,13H,8H2,1H3,(H2,9,10). The molecule has 2 unspecified atom stereocenters. The minimum absolute atomic E-state index is 0.000971. The van der Waals surface area contributed by atoms with Crippen LogP contribution in [0.3, 0.4) is 0 Å². The molecular weight excluding hydrogens is 172 g/mol. The van der Waals surface area contributed by atoms with Crippen molar-refractivity contribution in [1.29, 1.82) is 0 Å². The van der Waals surface area contributed by atoms with Gasteiger partial charge in [-0.1, -0.05) is 0 Å². The maximum absolute atomic E-state index is 10.4. The summed E-state index contributed by atoms with van der Waals surface area (Å²) in [6, 6.07) is -0.692. The molecule has 72 valence electrons. The SMILES string of the molecule is CC(O)=C1NC(N)C(C=O)N=C1N. The van der Waals surface area contributed by atoms with E-state index < -0.39 is 12.2 Å². The molecule has 0 amide bonds. The number of allylic oxidation sites excluding steroid dienone is 1. The molecule has 0 saturated heterocycles. The first-order valence-corrected chi connectivity index (χ1v) is 3.77. The number of carbonyl (C=O) groups excluding carboxylic acids is 1. The zero-order chi connectivity index (χ0) is 10.0. The molecule has 13 heavy (non-hydrogen) atoms. The fourth-order valence-electron chi connectivity index (χ4n) is 1.04. The summed E-state index contributed by atoms with van der Waals surface area (Å²) in [7, 11) is 0. The molecule has 1 heterocycles. The first kappa shape index (κ1) is 9.53. The number of amidine groups is 1. The maximum atomic E-state index is 10.4. The molecule has 0 spiro atoms. The van der Waals surface area contributed by atoms with Gasteiger partial charge in [-0.05, 0) is 6.92 Å². The summed E-state index contributed by atoms with van der Waals surface area (Å²) in [5.41, 5.74) is 11.3. The van der Waals surface area contributed by atoms with Crippen molar-refractivity contribution in [3.8, 4) is 0 Å². The van der Waals surface area contributed by atoms with Gasteiger partial charge in [0.2, 0.25) is 0 Å². The van der Waals surface area contributed by atoms with Crippen LogP contribution in [0.4, 0.5) is 0 Å². The van der Waals surface area contributed by atoms with Crippen LogP contribution >= 0.6 is 0 Å². The number of carbonyl (C=O) groups is 1. The minimum atomic E-state index is -0.692. The van der Waals surface area contributed by atoms with Crippen molar-refractivity contribution in [1.82, 2.24) is 5.32 Å². The quantitative estimate of drug-likeness (QED) is 0.295. The van der Waals surface area contributed by atoms with Crippen LogP contribution < -0.4 is 16.8 Å². The number of rotatable bonds is 1. The second kappa shape index (κ2) is 3.44. The molecule has 0 aromatic heterocycles. The highest BCUT2D eigenvalue weighted by atomic mass is 16.3. The van der Waals surface area contributed by atoms with Crippen LogP contribution in [0.2, 0.25) is 0 Å². The number of nitrogens with one attached hydrogen (secondary N) is 1. The average molecular weight is 184 g/mol. The van der Waals surface area contributed by atoms with Gasteiger partial charge in [0.1, 0.15) is 35.8 Å². The van der Waals surface area contributed by atoms with Gasteiger partial charge in [0, 0.05) is 0 Å². The Kier molecular flexibility index (Phi) is 2.52. The lowest BCUT2D eigenvalue weighted by atomic mass is 10.2. The predicted octanol–water partition coefficient (Wildman–Crippen LogP) is -1.41. The van der Waals surface area contributed by atoms with Gasteiger partial charge in [0.05, 0.1) is 0 Å². The third-order valence-corrected chi connectivity index (χ3v) is 1.72. The molecule has 0 radical (unpaired) electrons. The highest BCUT2D eigenvalue weighted by Gasteiger charge is 2.25. The number of aliphatic imine (C=N–C) groups is 1. The number of nitrogens with zero attached hydrogens (tertiary/aromatic N) is 1. The van der Waals surface area contributed by atoms with Crippen molar-refractivity contribution in [3.63, 3.8) is 0 Å². The highest BCUT2D eigenvalue weighted by molar-refractivity contribution is 5.98. The number of nitrogens with two attached hydrogens (primary N) is 2. The lowest BCUT2D eigenvalue weighted by molar-refractivity contribution is -0.109. The number of aliphatic hydroxyl groups excluding tert-OH is 1. The Labute approximate surface area is 75.3 Å². The van der Waals surface area contributed by atoms with E-state index in [9.17, 15) is 4.79 Å². The minimum Gasteiger partial charge on any atom is -0.510 e. The van der Waals surface area contributed by atoms with Crippen LogP contribution in [-0.4, -0.2) is 29.4 Å². The molecule has 0 fully saturated rings. The molecule has 0 bridgehead atoms. The van der Waals surface area contributed by atoms with Crippen molar-refractivity contribution < 1.29 is 9.90 Å². The van der Waals surface area contributed by atoms with Gasteiger partial charge in [0.15, 0.2) is 0 Å². The van der Waals surface area contributed by atoms with Crippen LogP contribution in [0, 0.1) is 0 Å². The molecular formula is C7H12N4O2. The molecule has 1 aliphatic heterocycles. The van der Waals surface area contributed by atoms with Gasteiger partial charge in [0.25, 0.3) is 0 Å². The molecule has 2 atom stereocenters. The van der Waals surface area contributed by atoms with Crippen molar-refractivity contribution in [2.45, 2.75) is 19.1 Å². The zero-order valence-electron chi connectivity index (χ0n) is 7.19. The first-order valence-electron chi connectivity index (χ1n) is 3.77. The van der Waals surface area contributed by atoms with Crippen LogP contribution in [0.1, 0.15) is 6.92 Å². The van der Waals surface area contributed by atoms with Crippen LogP contribution in [0.25, 0.3) is 0 Å². The third-order valence-electron chi connectivity index (χ3n) is 1.72. The Hall–Kier alpha value is -1.56. The lowest BCUT2D eigenvalue weighted by Gasteiger charge is -2.25. The van der Waals surface area contributed by atoms with Crippen LogP contribution in [0.15, 0.2) is 16.4 Å². The van der Waals surface area contributed by atoms with Gasteiger partial charge in [-0.2, -0.15) is 0 Å². The van der Waals surface area contributed by atoms with Gasteiger partial charge in [-0.15, -0.1) is 0 Å². The molecule has 0 saturated carbocycles. The number of hydrogen-bond acceptors (Lipinski definition) is 6. The molecule has 1 rings (SSSR count). The molecule has 0 aromatic rings. The van der Waals surface area contributed by atoms with E-state index >= 15 is 0 Å². The van der Waals surface area contributed by atoms with Gasteiger partial charge < -0.3 is 26.7 Å². The highest BCUT2D eigenvalue weighted by Crippen LogP contribution is 2.07. The topological polar surface area (TPSA) is 114 Å². The van der Waals surface area contributed by atoms with Gasteiger partial charge >= 0.3 is 0 Å². The average Bonchev–Trinajstić information content (AvgIpc) is 2.07. The van der Waals surface area contributed by atoms with E-state index in [0.717, 1.165) is 0 Å². The second-order valence-corrected chi connectivity index (χ2v) is 2.77. The van der Waals surface area contributed by atoms with Gasteiger partial charge in [-0.3, -0.25) is 4.99 Å². The fourth-order valence-corrected chi connectivity index (χ4v) is 1.04. The van der Waals surface area contributed by atoms with Crippen molar-refractivity contribution in [3.05, 3.63) is 11.5 Å². The third kappa shape index (κ3) is 1.78. The first-order chi connectivity index (χ1) is 6.06.